The Bertz CT molecular complexity index is 523. The standard InChI is InChI=1S/C12H14N2O4/c1-6-3-4-7(2)10(12(17)18)9(6)11(16)14-5-8(13)15/h3-4H,5H2,1-2H3,(H2,13,15)(H,14,16)(H,17,18). The Labute approximate surface area is 104 Å². The molecule has 1 aromatic rings. The number of hydrogen-bond donors (Lipinski definition) is 3. The summed E-state index contributed by atoms with van der Waals surface area (Å²) < 4.78 is 0. The second-order valence-electron chi connectivity index (χ2n) is 3.90. The molecule has 4 N–H and O–H groups in total. The fourth-order valence-electron chi connectivity index (χ4n) is 1.63. The first-order valence-corrected chi connectivity index (χ1v) is 5.24. The van der Waals surface area contributed by atoms with E-state index < -0.39 is 17.8 Å². The van der Waals surface area contributed by atoms with Gasteiger partial charge in [-0.25, -0.2) is 4.79 Å². The quantitative estimate of drug-likeness (QED) is 0.709. The zero-order chi connectivity index (χ0) is 13.9. The number of amides is 2. The number of carbonyl (C=O) groups is 3. The minimum absolute atomic E-state index is 0.0584. The number of nitrogens with two attached hydrogens (primary N) is 1. The van der Waals surface area contributed by atoms with E-state index in [1.807, 2.05) is 0 Å². The van der Waals surface area contributed by atoms with Crippen molar-refractivity contribution >= 4 is 17.8 Å². The van der Waals surface area contributed by atoms with Crippen LogP contribution < -0.4 is 11.1 Å². The molecule has 18 heavy (non-hydrogen) atoms. The fraction of sp³-hybridized carbons (Fsp3) is 0.250. The summed E-state index contributed by atoms with van der Waals surface area (Å²) in [5.41, 5.74) is 5.93. The van der Waals surface area contributed by atoms with E-state index in [1.165, 1.54) is 0 Å². The molecule has 0 saturated carbocycles. The molecule has 0 aromatic heterocycles. The van der Waals surface area contributed by atoms with E-state index >= 15 is 0 Å². The Morgan fingerprint density at radius 2 is 1.67 bits per heavy atom. The largest absolute Gasteiger partial charge is 0.478 e. The van der Waals surface area contributed by atoms with E-state index in [-0.39, 0.29) is 17.7 Å². The maximum atomic E-state index is 11.9. The summed E-state index contributed by atoms with van der Waals surface area (Å²) >= 11 is 0. The second kappa shape index (κ2) is 5.31. The molecule has 0 radical (unpaired) electrons. The lowest BCUT2D eigenvalue weighted by atomic mass is 9.96. The Morgan fingerprint density at radius 1 is 1.17 bits per heavy atom. The van der Waals surface area contributed by atoms with Gasteiger partial charge in [-0.3, -0.25) is 9.59 Å². The monoisotopic (exact) mass is 250 g/mol. The van der Waals surface area contributed by atoms with Crippen molar-refractivity contribution < 1.29 is 19.5 Å². The van der Waals surface area contributed by atoms with Gasteiger partial charge >= 0.3 is 5.97 Å². The molecule has 96 valence electrons. The summed E-state index contributed by atoms with van der Waals surface area (Å²) in [6.07, 6.45) is 0. The molecule has 2 amide bonds. The molecule has 6 nitrogen and oxygen atoms in total. The van der Waals surface area contributed by atoms with Crippen LogP contribution in [0.5, 0.6) is 0 Å². The van der Waals surface area contributed by atoms with E-state index in [0.717, 1.165) is 0 Å². The lowest BCUT2D eigenvalue weighted by molar-refractivity contribution is -0.117. The normalized spacial score (nSPS) is 9.89. The van der Waals surface area contributed by atoms with Crippen molar-refractivity contribution in [1.29, 1.82) is 0 Å². The van der Waals surface area contributed by atoms with Crippen LogP contribution in [0.3, 0.4) is 0 Å². The molecule has 1 rings (SSSR count). The lowest BCUT2D eigenvalue weighted by Gasteiger charge is -2.11. The molecule has 0 aliphatic carbocycles. The molecule has 0 aliphatic heterocycles. The van der Waals surface area contributed by atoms with Crippen LogP contribution >= 0.6 is 0 Å². The Morgan fingerprint density at radius 3 is 2.11 bits per heavy atom. The first-order chi connectivity index (χ1) is 8.34. The zero-order valence-corrected chi connectivity index (χ0v) is 10.1. The molecule has 1 aromatic carbocycles. The second-order valence-corrected chi connectivity index (χ2v) is 3.90. The van der Waals surface area contributed by atoms with Crippen molar-refractivity contribution in [2.75, 3.05) is 6.54 Å². The predicted octanol–water partition coefficient (Wildman–Crippen LogP) is 0.217. The highest BCUT2D eigenvalue weighted by atomic mass is 16.4. The van der Waals surface area contributed by atoms with Crippen LogP contribution in [0.2, 0.25) is 0 Å². The van der Waals surface area contributed by atoms with Gasteiger partial charge in [0.05, 0.1) is 17.7 Å². The van der Waals surface area contributed by atoms with Crippen LogP contribution in [0.25, 0.3) is 0 Å². The predicted molar refractivity (Wildman–Crippen MR) is 64.4 cm³/mol. The van der Waals surface area contributed by atoms with Crippen molar-refractivity contribution in [2.24, 2.45) is 5.73 Å². The highest BCUT2D eigenvalue weighted by Gasteiger charge is 2.21. The highest BCUT2D eigenvalue weighted by Crippen LogP contribution is 2.18. The maximum absolute atomic E-state index is 11.9. The average Bonchev–Trinajstić information content (AvgIpc) is 2.28. The van der Waals surface area contributed by atoms with Crippen molar-refractivity contribution in [2.45, 2.75) is 13.8 Å². The lowest BCUT2D eigenvalue weighted by Crippen LogP contribution is -2.34. The summed E-state index contributed by atoms with van der Waals surface area (Å²) in [6.45, 7) is 2.91. The van der Waals surface area contributed by atoms with E-state index in [0.29, 0.717) is 11.1 Å². The number of primary amides is 1. The van der Waals surface area contributed by atoms with Gasteiger partial charge in [-0.05, 0) is 25.0 Å². The number of aryl methyl sites for hydroxylation is 2. The van der Waals surface area contributed by atoms with Crippen LogP contribution in [-0.4, -0.2) is 29.4 Å². The van der Waals surface area contributed by atoms with Crippen molar-refractivity contribution in [3.63, 3.8) is 0 Å². The molecule has 6 heteroatoms. The summed E-state index contributed by atoms with van der Waals surface area (Å²) in [5, 5.41) is 11.4. The first-order valence-electron chi connectivity index (χ1n) is 5.24. The van der Waals surface area contributed by atoms with Crippen LogP contribution in [0.1, 0.15) is 31.8 Å². The molecule has 0 spiro atoms. The average molecular weight is 250 g/mol. The Kier molecular flexibility index (Phi) is 4.04. The van der Waals surface area contributed by atoms with E-state index in [2.05, 4.69) is 5.32 Å². The summed E-state index contributed by atoms with van der Waals surface area (Å²) in [7, 11) is 0. The number of carboxylic acids is 1. The summed E-state index contributed by atoms with van der Waals surface area (Å²) in [5.74, 6) is -2.49. The van der Waals surface area contributed by atoms with Gasteiger partial charge < -0.3 is 16.2 Å². The minimum atomic E-state index is -1.18. The number of hydrogen-bond acceptors (Lipinski definition) is 3. The maximum Gasteiger partial charge on any atom is 0.336 e. The smallest absolute Gasteiger partial charge is 0.336 e. The number of carboxylic acid groups (broad SMARTS) is 1. The molecule has 0 bridgehead atoms. The van der Waals surface area contributed by atoms with E-state index in [9.17, 15) is 14.4 Å². The zero-order valence-electron chi connectivity index (χ0n) is 10.1. The van der Waals surface area contributed by atoms with Crippen LogP contribution in [0.15, 0.2) is 12.1 Å². The third-order valence-corrected chi connectivity index (χ3v) is 2.49. The topological polar surface area (TPSA) is 109 Å². The third kappa shape index (κ3) is 2.85. The molecule has 0 unspecified atom stereocenters. The van der Waals surface area contributed by atoms with Crippen LogP contribution in [0, 0.1) is 13.8 Å². The van der Waals surface area contributed by atoms with Crippen LogP contribution in [-0.2, 0) is 4.79 Å². The minimum Gasteiger partial charge on any atom is -0.478 e. The van der Waals surface area contributed by atoms with Gasteiger partial charge in [0, 0.05) is 0 Å². The number of carbonyl (C=O) groups excluding carboxylic acids is 2. The van der Waals surface area contributed by atoms with Gasteiger partial charge in [-0.2, -0.15) is 0 Å². The van der Waals surface area contributed by atoms with Gasteiger partial charge in [0.25, 0.3) is 5.91 Å². The fourth-order valence-corrected chi connectivity index (χ4v) is 1.63. The number of nitrogens with one attached hydrogen (secondary N) is 1. The summed E-state index contributed by atoms with van der Waals surface area (Å²) in [6, 6.07) is 3.28. The van der Waals surface area contributed by atoms with Gasteiger partial charge in [-0.15, -0.1) is 0 Å². The van der Waals surface area contributed by atoms with Gasteiger partial charge in [0.15, 0.2) is 0 Å². The van der Waals surface area contributed by atoms with Crippen LogP contribution in [0.4, 0.5) is 0 Å². The van der Waals surface area contributed by atoms with Gasteiger partial charge in [0.2, 0.25) is 5.91 Å². The summed E-state index contributed by atoms with van der Waals surface area (Å²) in [4.78, 5) is 33.6. The molecule has 0 fully saturated rings. The molecule has 0 aliphatic rings. The third-order valence-electron chi connectivity index (χ3n) is 2.49. The molecule has 0 heterocycles. The van der Waals surface area contributed by atoms with Crippen molar-refractivity contribution in [3.8, 4) is 0 Å². The molecule has 0 atom stereocenters. The Balaban J connectivity index is 3.21. The van der Waals surface area contributed by atoms with Gasteiger partial charge in [-0.1, -0.05) is 12.1 Å². The number of benzene rings is 1. The number of rotatable bonds is 4. The first kappa shape index (κ1) is 13.7. The van der Waals surface area contributed by atoms with Crippen molar-refractivity contribution in [1.82, 2.24) is 5.32 Å². The highest BCUT2D eigenvalue weighted by molar-refractivity contribution is 6.07. The van der Waals surface area contributed by atoms with Crippen molar-refractivity contribution in [3.05, 3.63) is 34.4 Å². The molecular weight excluding hydrogens is 236 g/mol. The Hall–Kier alpha value is -2.37. The van der Waals surface area contributed by atoms with E-state index in [4.69, 9.17) is 10.8 Å². The van der Waals surface area contributed by atoms with Gasteiger partial charge in [0.1, 0.15) is 0 Å². The number of aromatic carboxylic acids is 1. The van der Waals surface area contributed by atoms with E-state index in [1.54, 1.807) is 26.0 Å². The SMILES string of the molecule is Cc1ccc(C)c(C(=O)NCC(N)=O)c1C(=O)O. The molecular formula is C12H14N2O4. The molecule has 0 saturated heterocycles.